The molecule has 1 fully saturated rings. The van der Waals surface area contributed by atoms with Gasteiger partial charge in [0.2, 0.25) is 5.91 Å². The number of amides is 2. The van der Waals surface area contributed by atoms with Crippen molar-refractivity contribution in [3.63, 3.8) is 0 Å². The van der Waals surface area contributed by atoms with Crippen molar-refractivity contribution >= 4 is 18.0 Å². The zero-order chi connectivity index (χ0) is 24.1. The molecule has 0 aromatic heterocycles. The second-order valence-electron chi connectivity index (χ2n) is 9.25. The van der Waals surface area contributed by atoms with Gasteiger partial charge in [0.15, 0.2) is 0 Å². The van der Waals surface area contributed by atoms with Gasteiger partial charge in [0.25, 0.3) is 0 Å². The number of carbonyl (C=O) groups excluding carboxylic acids is 2. The van der Waals surface area contributed by atoms with Crippen LogP contribution < -0.4 is 10.6 Å². The van der Waals surface area contributed by atoms with E-state index in [1.807, 2.05) is 31.2 Å². The lowest BCUT2D eigenvalue weighted by Gasteiger charge is -2.19. The number of hydrogen-bond acceptors (Lipinski definition) is 4. The Balaban J connectivity index is 1.26. The Morgan fingerprint density at radius 3 is 2.18 bits per heavy atom. The van der Waals surface area contributed by atoms with Gasteiger partial charge in [0.1, 0.15) is 12.6 Å². The molecule has 2 aliphatic carbocycles. The fraction of sp³-hybridized carbons (Fsp3) is 0.444. The number of hydrogen-bond donors (Lipinski definition) is 3. The first-order valence-corrected chi connectivity index (χ1v) is 12.1. The number of alkyl carbamates (subject to hydrolysis) is 1. The van der Waals surface area contributed by atoms with E-state index in [2.05, 4.69) is 34.9 Å². The van der Waals surface area contributed by atoms with E-state index in [9.17, 15) is 19.5 Å². The van der Waals surface area contributed by atoms with E-state index in [1.54, 1.807) is 0 Å². The molecular formula is C27H32N2O5. The monoisotopic (exact) mass is 464 g/mol. The predicted molar refractivity (Wildman–Crippen MR) is 128 cm³/mol. The maximum absolute atomic E-state index is 12.5. The van der Waals surface area contributed by atoms with Crippen LogP contribution in [0.5, 0.6) is 0 Å². The van der Waals surface area contributed by atoms with Crippen LogP contribution >= 0.6 is 0 Å². The summed E-state index contributed by atoms with van der Waals surface area (Å²) in [7, 11) is 0. The summed E-state index contributed by atoms with van der Waals surface area (Å²) in [5.41, 5.74) is 4.65. The van der Waals surface area contributed by atoms with Crippen LogP contribution in [0.15, 0.2) is 48.5 Å². The smallest absolute Gasteiger partial charge is 0.407 e. The molecule has 2 aliphatic rings. The lowest BCUT2D eigenvalue weighted by molar-refractivity contribution is -0.142. The van der Waals surface area contributed by atoms with Gasteiger partial charge >= 0.3 is 12.1 Å². The van der Waals surface area contributed by atoms with Crippen molar-refractivity contribution < 1.29 is 24.2 Å². The van der Waals surface area contributed by atoms with Crippen LogP contribution in [0.25, 0.3) is 11.1 Å². The molecule has 2 aromatic carbocycles. The van der Waals surface area contributed by atoms with E-state index in [0.717, 1.165) is 24.0 Å². The van der Waals surface area contributed by atoms with Gasteiger partial charge in [-0.05, 0) is 47.4 Å². The third-order valence-corrected chi connectivity index (χ3v) is 6.78. The lowest BCUT2D eigenvalue weighted by Crippen LogP contribution is -2.42. The quantitative estimate of drug-likeness (QED) is 0.456. The number of benzene rings is 2. The zero-order valence-corrected chi connectivity index (χ0v) is 19.5. The second-order valence-corrected chi connectivity index (χ2v) is 9.25. The minimum absolute atomic E-state index is 0.0107. The molecule has 0 aliphatic heterocycles. The molecule has 4 rings (SSSR count). The van der Waals surface area contributed by atoms with E-state index < -0.39 is 18.1 Å². The van der Waals surface area contributed by atoms with Gasteiger partial charge in [0.05, 0.1) is 0 Å². The summed E-state index contributed by atoms with van der Waals surface area (Å²) < 4.78 is 5.60. The van der Waals surface area contributed by atoms with Crippen LogP contribution in [-0.4, -0.2) is 41.8 Å². The number of aliphatic carboxylic acids is 1. The normalized spacial score (nSPS) is 16.1. The van der Waals surface area contributed by atoms with E-state index in [-0.39, 0.29) is 30.9 Å². The molecule has 3 N–H and O–H groups in total. The summed E-state index contributed by atoms with van der Waals surface area (Å²) in [5.74, 6) is -0.909. The van der Waals surface area contributed by atoms with Crippen molar-refractivity contribution in [2.24, 2.45) is 5.92 Å². The summed E-state index contributed by atoms with van der Waals surface area (Å²) in [5, 5.41) is 14.8. The molecule has 180 valence electrons. The van der Waals surface area contributed by atoms with Crippen LogP contribution in [-0.2, 0) is 14.3 Å². The molecule has 0 heterocycles. The average Bonchev–Trinajstić information content (AvgIpc) is 3.60. The predicted octanol–water partition coefficient (Wildman–Crippen LogP) is 4.45. The number of carboxylic acids is 1. The summed E-state index contributed by atoms with van der Waals surface area (Å²) in [6.07, 6.45) is 3.24. The summed E-state index contributed by atoms with van der Waals surface area (Å²) in [6.45, 7) is 2.16. The van der Waals surface area contributed by atoms with Crippen LogP contribution in [0.3, 0.4) is 0 Å². The van der Waals surface area contributed by atoms with Crippen molar-refractivity contribution in [2.45, 2.75) is 63.5 Å². The third-order valence-electron chi connectivity index (χ3n) is 6.78. The maximum Gasteiger partial charge on any atom is 0.407 e. The number of fused-ring (bicyclic) bond motifs is 3. The average molecular weight is 465 g/mol. The van der Waals surface area contributed by atoms with Crippen LogP contribution in [0.1, 0.15) is 62.5 Å². The number of nitrogens with one attached hydrogen (secondary N) is 2. The molecular weight excluding hydrogens is 432 g/mol. The van der Waals surface area contributed by atoms with Crippen LogP contribution in [0.4, 0.5) is 4.79 Å². The maximum atomic E-state index is 12.5. The molecule has 2 aromatic rings. The number of ether oxygens (including phenoxy) is 1. The Bertz CT molecular complexity index is 1000. The molecule has 7 nitrogen and oxygen atoms in total. The molecule has 0 radical (unpaired) electrons. The van der Waals surface area contributed by atoms with E-state index >= 15 is 0 Å². The topological polar surface area (TPSA) is 105 Å². The highest BCUT2D eigenvalue weighted by Gasteiger charge is 2.31. The minimum Gasteiger partial charge on any atom is -0.480 e. The first-order valence-electron chi connectivity index (χ1n) is 12.1. The van der Waals surface area contributed by atoms with Gasteiger partial charge in [0, 0.05) is 18.4 Å². The number of rotatable bonds is 11. The third kappa shape index (κ3) is 5.76. The Morgan fingerprint density at radius 1 is 1.00 bits per heavy atom. The molecule has 0 spiro atoms. The fourth-order valence-electron chi connectivity index (χ4n) is 4.67. The largest absolute Gasteiger partial charge is 0.480 e. The van der Waals surface area contributed by atoms with E-state index in [4.69, 9.17) is 4.74 Å². The van der Waals surface area contributed by atoms with E-state index in [0.29, 0.717) is 25.2 Å². The van der Waals surface area contributed by atoms with E-state index in [1.165, 1.54) is 11.1 Å². The fourth-order valence-corrected chi connectivity index (χ4v) is 4.67. The highest BCUT2D eigenvalue weighted by Crippen LogP contribution is 2.44. The highest BCUT2D eigenvalue weighted by molar-refractivity contribution is 5.83. The van der Waals surface area contributed by atoms with Crippen LogP contribution in [0, 0.1) is 5.92 Å². The van der Waals surface area contributed by atoms with Crippen molar-refractivity contribution in [1.29, 1.82) is 0 Å². The summed E-state index contributed by atoms with van der Waals surface area (Å²) in [4.78, 5) is 36.2. The van der Waals surface area contributed by atoms with Crippen molar-refractivity contribution in [2.75, 3.05) is 6.61 Å². The Labute approximate surface area is 199 Å². The van der Waals surface area contributed by atoms with Gasteiger partial charge < -0.3 is 20.5 Å². The van der Waals surface area contributed by atoms with Crippen molar-refractivity contribution in [3.05, 3.63) is 59.7 Å². The second kappa shape index (κ2) is 10.7. The first-order chi connectivity index (χ1) is 16.5. The summed E-state index contributed by atoms with van der Waals surface area (Å²) in [6, 6.07) is 15.3. The van der Waals surface area contributed by atoms with Gasteiger partial charge in [-0.2, -0.15) is 0 Å². The van der Waals surface area contributed by atoms with Crippen LogP contribution in [0.2, 0.25) is 0 Å². The van der Waals surface area contributed by atoms with Gasteiger partial charge in [-0.15, -0.1) is 0 Å². The number of carbonyl (C=O) groups is 3. The van der Waals surface area contributed by atoms with Gasteiger partial charge in [-0.1, -0.05) is 68.3 Å². The molecule has 2 atom stereocenters. The summed E-state index contributed by atoms with van der Waals surface area (Å²) >= 11 is 0. The Kier molecular flexibility index (Phi) is 7.50. The molecule has 1 unspecified atom stereocenters. The minimum atomic E-state index is -0.996. The van der Waals surface area contributed by atoms with Crippen molar-refractivity contribution in [3.8, 4) is 11.1 Å². The molecule has 1 saturated carbocycles. The zero-order valence-electron chi connectivity index (χ0n) is 19.5. The Morgan fingerprint density at radius 2 is 1.62 bits per heavy atom. The first kappa shape index (κ1) is 23.8. The van der Waals surface area contributed by atoms with Gasteiger partial charge in [-0.25, -0.2) is 9.59 Å². The highest BCUT2D eigenvalue weighted by atomic mass is 16.5. The van der Waals surface area contributed by atoms with Crippen molar-refractivity contribution in [1.82, 2.24) is 10.6 Å². The molecule has 7 heteroatoms. The standard InChI is InChI=1S/C27H32N2O5/c1-2-18(13-14-25(30)29-24(26(31)32)15-17-11-12-17)28-27(33)34-16-23-21-9-5-3-7-19(21)20-8-4-6-10-22(20)23/h3-10,17-18,23-24H,2,11-16H2,1H3,(H,28,33)(H,29,30)(H,31,32)/t18?,24-/m0/s1. The molecule has 2 amide bonds. The molecule has 34 heavy (non-hydrogen) atoms. The molecule has 0 saturated heterocycles. The SMILES string of the molecule is CCC(CCC(=O)N[C@@H](CC1CC1)C(=O)O)NC(=O)OCC1c2ccccc2-c2ccccc21. The Hall–Kier alpha value is -3.35. The molecule has 0 bridgehead atoms. The number of carboxylic acid groups (broad SMARTS) is 1. The lowest BCUT2D eigenvalue weighted by atomic mass is 9.98. The van der Waals surface area contributed by atoms with Gasteiger partial charge in [-0.3, -0.25) is 4.79 Å².